The molecular weight excluding hydrogens is 534 g/mol. The lowest BCUT2D eigenvalue weighted by Gasteiger charge is -2.50. The molecular formula is C28H31F4N3O5. The van der Waals surface area contributed by atoms with E-state index >= 15 is 0 Å². The molecule has 3 fully saturated rings. The Labute approximate surface area is 228 Å². The van der Waals surface area contributed by atoms with Crippen LogP contribution in [-0.2, 0) is 19.9 Å². The number of benzene rings is 2. The SMILES string of the molecule is CO[C@@](C(=O)N1CCC2(CC1)NC(=O)NC[C@H]2c1ccc(F)cc1O[C@H]1CCOC1)(c1ccccc1)C(F)(F)F. The fourth-order valence-corrected chi connectivity index (χ4v) is 6.05. The first-order valence-corrected chi connectivity index (χ1v) is 13.2. The topological polar surface area (TPSA) is 89.1 Å². The summed E-state index contributed by atoms with van der Waals surface area (Å²) in [6, 6.07) is 10.6. The van der Waals surface area contributed by atoms with Crippen molar-refractivity contribution in [1.29, 1.82) is 0 Å². The largest absolute Gasteiger partial charge is 0.488 e. The van der Waals surface area contributed by atoms with E-state index in [9.17, 15) is 27.2 Å². The Morgan fingerprint density at radius 1 is 1.12 bits per heavy atom. The Morgan fingerprint density at radius 2 is 1.85 bits per heavy atom. The average Bonchev–Trinajstić information content (AvgIpc) is 3.43. The molecule has 0 radical (unpaired) electrons. The number of nitrogens with zero attached hydrogens (tertiary/aromatic N) is 1. The van der Waals surface area contributed by atoms with E-state index in [4.69, 9.17) is 14.2 Å². The van der Waals surface area contributed by atoms with Crippen molar-refractivity contribution in [2.75, 3.05) is 40.0 Å². The van der Waals surface area contributed by atoms with Gasteiger partial charge < -0.3 is 29.7 Å². The molecule has 3 aliphatic rings. The van der Waals surface area contributed by atoms with Gasteiger partial charge in [-0.1, -0.05) is 36.4 Å². The minimum atomic E-state index is -5.02. The number of piperidine rings is 1. The molecule has 3 heterocycles. The van der Waals surface area contributed by atoms with Gasteiger partial charge in [-0.2, -0.15) is 13.2 Å². The highest BCUT2D eigenvalue weighted by Gasteiger charge is 2.64. The minimum Gasteiger partial charge on any atom is -0.488 e. The van der Waals surface area contributed by atoms with E-state index in [0.717, 1.165) is 12.0 Å². The summed E-state index contributed by atoms with van der Waals surface area (Å²) in [5.74, 6) is -1.77. The summed E-state index contributed by atoms with van der Waals surface area (Å²) in [4.78, 5) is 27.2. The molecule has 12 heteroatoms. The Bertz CT molecular complexity index is 1230. The van der Waals surface area contributed by atoms with Crippen molar-refractivity contribution in [2.24, 2.45) is 0 Å². The van der Waals surface area contributed by atoms with Gasteiger partial charge in [-0.25, -0.2) is 9.18 Å². The lowest BCUT2D eigenvalue weighted by atomic mass is 9.71. The monoisotopic (exact) mass is 565 g/mol. The second-order valence-corrected chi connectivity index (χ2v) is 10.4. The number of amides is 3. The van der Waals surface area contributed by atoms with Crippen LogP contribution in [0.5, 0.6) is 5.75 Å². The number of rotatable bonds is 6. The number of nitrogens with one attached hydrogen (secondary N) is 2. The Hall–Kier alpha value is -3.38. The van der Waals surface area contributed by atoms with Crippen LogP contribution in [-0.4, -0.2) is 74.6 Å². The van der Waals surface area contributed by atoms with Crippen LogP contribution in [0.1, 0.15) is 36.3 Å². The predicted molar refractivity (Wildman–Crippen MR) is 135 cm³/mol. The molecule has 216 valence electrons. The summed E-state index contributed by atoms with van der Waals surface area (Å²) in [5.41, 5.74) is -3.72. The maximum Gasteiger partial charge on any atom is 0.430 e. The molecule has 3 atom stereocenters. The molecule has 2 N–H and O–H groups in total. The molecule has 0 unspecified atom stereocenters. The number of alkyl halides is 3. The number of ether oxygens (including phenoxy) is 3. The number of hydrogen-bond donors (Lipinski definition) is 2. The maximum absolute atomic E-state index is 14.5. The molecule has 40 heavy (non-hydrogen) atoms. The molecule has 2 aromatic rings. The number of hydrogen-bond acceptors (Lipinski definition) is 5. The van der Waals surface area contributed by atoms with Gasteiger partial charge in [-0.15, -0.1) is 0 Å². The average molecular weight is 566 g/mol. The molecule has 5 rings (SSSR count). The molecule has 0 aliphatic carbocycles. The van der Waals surface area contributed by atoms with Gasteiger partial charge in [0.15, 0.2) is 0 Å². The van der Waals surface area contributed by atoms with E-state index in [1.165, 1.54) is 36.4 Å². The zero-order valence-corrected chi connectivity index (χ0v) is 21.9. The lowest BCUT2D eigenvalue weighted by molar-refractivity contribution is -0.270. The first kappa shape index (κ1) is 28.2. The standard InChI is InChI=1S/C28H31F4N3O5/c1-38-27(28(30,31)32,18-5-3-2-4-6-18)24(36)35-12-10-26(11-13-35)22(16-33-25(37)34-26)21-8-7-19(29)15-23(21)40-20-9-14-39-17-20/h2-8,15,20,22H,9-14,16-17H2,1H3,(H2,33,34,37)/t20-,22-,27+/m0/s1. The van der Waals surface area contributed by atoms with Crippen LogP contribution in [0.2, 0.25) is 0 Å². The molecule has 2 aromatic carbocycles. The molecule has 8 nitrogen and oxygen atoms in total. The Morgan fingerprint density at radius 3 is 2.48 bits per heavy atom. The minimum absolute atomic E-state index is 0.0580. The normalized spacial score (nSPS) is 24.2. The third kappa shape index (κ3) is 4.98. The number of likely N-dealkylation sites (tertiary alicyclic amines) is 1. The van der Waals surface area contributed by atoms with Crippen LogP contribution in [0, 0.1) is 5.82 Å². The quantitative estimate of drug-likeness (QED) is 0.520. The van der Waals surface area contributed by atoms with Crippen LogP contribution in [0.15, 0.2) is 48.5 Å². The van der Waals surface area contributed by atoms with Crippen LogP contribution in [0.3, 0.4) is 0 Å². The van der Waals surface area contributed by atoms with E-state index in [1.807, 2.05) is 0 Å². The first-order chi connectivity index (χ1) is 19.1. The fraction of sp³-hybridized carbons (Fsp3) is 0.500. The number of urea groups is 1. The molecule has 0 bridgehead atoms. The van der Waals surface area contributed by atoms with Crippen LogP contribution in [0.25, 0.3) is 0 Å². The summed E-state index contributed by atoms with van der Waals surface area (Å²) in [7, 11) is 0.873. The highest BCUT2D eigenvalue weighted by Crippen LogP contribution is 2.46. The maximum atomic E-state index is 14.5. The highest BCUT2D eigenvalue weighted by atomic mass is 19.4. The fourth-order valence-electron chi connectivity index (χ4n) is 6.05. The van der Waals surface area contributed by atoms with E-state index in [2.05, 4.69) is 10.6 Å². The summed E-state index contributed by atoms with van der Waals surface area (Å²) in [6.45, 7) is 1.00. The van der Waals surface area contributed by atoms with Gasteiger partial charge in [-0.3, -0.25) is 4.79 Å². The zero-order valence-electron chi connectivity index (χ0n) is 21.9. The van der Waals surface area contributed by atoms with Crippen molar-refractivity contribution in [3.63, 3.8) is 0 Å². The van der Waals surface area contributed by atoms with E-state index in [0.29, 0.717) is 30.9 Å². The van der Waals surface area contributed by atoms with Gasteiger partial charge in [0.2, 0.25) is 0 Å². The van der Waals surface area contributed by atoms with Gasteiger partial charge in [-0.05, 0) is 18.9 Å². The number of carbonyl (C=O) groups excluding carboxylic acids is 2. The van der Waals surface area contributed by atoms with Crippen LogP contribution < -0.4 is 15.4 Å². The Kier molecular flexibility index (Phi) is 7.66. The zero-order chi connectivity index (χ0) is 28.5. The highest BCUT2D eigenvalue weighted by molar-refractivity contribution is 5.88. The Balaban J connectivity index is 1.43. The summed E-state index contributed by atoms with van der Waals surface area (Å²) >= 11 is 0. The molecule has 0 saturated carbocycles. The van der Waals surface area contributed by atoms with Gasteiger partial charge in [0.1, 0.15) is 17.7 Å². The lowest BCUT2D eigenvalue weighted by Crippen LogP contribution is -2.67. The van der Waals surface area contributed by atoms with Crippen molar-refractivity contribution < 1.29 is 41.4 Å². The van der Waals surface area contributed by atoms with E-state index < -0.39 is 41.0 Å². The van der Waals surface area contributed by atoms with E-state index in [-0.39, 0.29) is 44.1 Å². The molecule has 1 spiro atoms. The van der Waals surface area contributed by atoms with Gasteiger partial charge in [0.25, 0.3) is 11.5 Å². The summed E-state index contributed by atoms with van der Waals surface area (Å²) < 4.78 is 74.2. The third-order valence-corrected chi connectivity index (χ3v) is 8.16. The van der Waals surface area contributed by atoms with Crippen LogP contribution in [0.4, 0.5) is 22.4 Å². The number of carbonyl (C=O) groups is 2. The van der Waals surface area contributed by atoms with Crippen molar-refractivity contribution in [1.82, 2.24) is 15.5 Å². The van der Waals surface area contributed by atoms with Crippen molar-refractivity contribution in [3.8, 4) is 5.75 Å². The van der Waals surface area contributed by atoms with E-state index in [1.54, 1.807) is 12.1 Å². The van der Waals surface area contributed by atoms with Crippen molar-refractivity contribution >= 4 is 11.9 Å². The van der Waals surface area contributed by atoms with Gasteiger partial charge in [0.05, 0.1) is 18.8 Å². The number of methoxy groups -OCH3 is 1. The molecule has 3 aliphatic heterocycles. The second kappa shape index (κ2) is 10.9. The van der Waals surface area contributed by atoms with Crippen LogP contribution >= 0.6 is 0 Å². The van der Waals surface area contributed by atoms with Crippen molar-refractivity contribution in [3.05, 3.63) is 65.5 Å². The summed E-state index contributed by atoms with van der Waals surface area (Å²) in [5, 5.41) is 5.75. The predicted octanol–water partition coefficient (Wildman–Crippen LogP) is 3.86. The second-order valence-electron chi connectivity index (χ2n) is 10.4. The third-order valence-electron chi connectivity index (χ3n) is 8.16. The molecule has 0 aromatic heterocycles. The first-order valence-electron chi connectivity index (χ1n) is 13.2. The smallest absolute Gasteiger partial charge is 0.430 e. The summed E-state index contributed by atoms with van der Waals surface area (Å²) in [6.07, 6.45) is -4.27. The molecule has 3 saturated heterocycles. The number of halogens is 4. The van der Waals surface area contributed by atoms with Gasteiger partial charge in [0, 0.05) is 56.3 Å². The van der Waals surface area contributed by atoms with Crippen molar-refractivity contribution in [2.45, 2.75) is 48.6 Å². The van der Waals surface area contributed by atoms with Gasteiger partial charge >= 0.3 is 12.2 Å². The molecule has 3 amide bonds.